The fraction of sp³-hybridized carbons (Fsp3) is 0.316. The number of carbonyl (C=O) groups excluding carboxylic acids is 1. The van der Waals surface area contributed by atoms with E-state index in [0.717, 1.165) is 42.3 Å². The molecule has 0 aromatic heterocycles. The van der Waals surface area contributed by atoms with E-state index >= 15 is 0 Å². The third-order valence-corrected chi connectivity index (χ3v) is 5.41. The number of carbonyl (C=O) groups is 1. The lowest BCUT2D eigenvalue weighted by Crippen LogP contribution is -2.50. The number of nitrogens with zero attached hydrogens (tertiary/aromatic N) is 2. The number of ether oxygens (including phenoxy) is 2. The Bertz CT molecular complexity index is 856. The second-order valence-corrected chi connectivity index (χ2v) is 7.15. The van der Waals surface area contributed by atoms with Crippen molar-refractivity contribution in [3.63, 3.8) is 0 Å². The first kappa shape index (κ1) is 15.0. The van der Waals surface area contributed by atoms with Crippen molar-refractivity contribution < 1.29 is 14.3 Å². The van der Waals surface area contributed by atoms with Gasteiger partial charge in [-0.05, 0) is 42.3 Å². The molecule has 0 aliphatic carbocycles. The molecule has 0 N–H and O–H groups in total. The highest BCUT2D eigenvalue weighted by molar-refractivity contribution is 6.31. The molecule has 2 aromatic rings. The minimum Gasteiger partial charge on any atom is -0.454 e. The maximum Gasteiger partial charge on any atom is 0.244 e. The molecule has 2 atom stereocenters. The Morgan fingerprint density at radius 3 is 2.84 bits per heavy atom. The average molecular weight is 357 g/mol. The molecule has 0 saturated carbocycles. The van der Waals surface area contributed by atoms with Crippen LogP contribution >= 0.6 is 11.6 Å². The summed E-state index contributed by atoms with van der Waals surface area (Å²) in [4.78, 5) is 17.0. The van der Waals surface area contributed by atoms with Gasteiger partial charge in [-0.2, -0.15) is 0 Å². The number of anilines is 1. The van der Waals surface area contributed by atoms with Gasteiger partial charge in [0.1, 0.15) is 0 Å². The third-order valence-electron chi connectivity index (χ3n) is 5.18. The van der Waals surface area contributed by atoms with Crippen LogP contribution in [-0.2, 0) is 11.3 Å². The Balaban J connectivity index is 1.34. The van der Waals surface area contributed by atoms with Crippen LogP contribution < -0.4 is 14.4 Å². The molecule has 5 nitrogen and oxygen atoms in total. The molecule has 128 valence electrons. The van der Waals surface area contributed by atoms with Crippen LogP contribution in [0.1, 0.15) is 12.0 Å². The molecule has 5 rings (SSSR count). The molecule has 2 bridgehead atoms. The smallest absolute Gasteiger partial charge is 0.244 e. The number of hydrogen-bond donors (Lipinski definition) is 0. The summed E-state index contributed by atoms with van der Waals surface area (Å²) in [7, 11) is 0. The van der Waals surface area contributed by atoms with Crippen molar-refractivity contribution in [3.05, 3.63) is 53.1 Å². The minimum atomic E-state index is -0.0607. The molecule has 3 heterocycles. The van der Waals surface area contributed by atoms with E-state index in [-0.39, 0.29) is 24.8 Å². The van der Waals surface area contributed by atoms with Gasteiger partial charge in [0.05, 0.1) is 12.1 Å². The van der Waals surface area contributed by atoms with Crippen LogP contribution in [0.2, 0.25) is 5.02 Å². The van der Waals surface area contributed by atoms with Gasteiger partial charge in [0.15, 0.2) is 11.5 Å². The van der Waals surface area contributed by atoms with Crippen molar-refractivity contribution in [2.45, 2.75) is 25.0 Å². The van der Waals surface area contributed by atoms with Crippen LogP contribution in [0.15, 0.2) is 42.5 Å². The van der Waals surface area contributed by atoms with Crippen molar-refractivity contribution in [2.24, 2.45) is 0 Å². The van der Waals surface area contributed by atoms with Gasteiger partial charge in [-0.3, -0.25) is 9.69 Å². The number of benzene rings is 2. The number of rotatable bonds is 3. The topological polar surface area (TPSA) is 42.0 Å². The molecule has 1 amide bonds. The first-order valence-electron chi connectivity index (χ1n) is 8.40. The standard InChI is InChI=1S/C19H17ClN2O3/c20-13-2-1-3-14(7-13)22-15-8-16(19(22)23)21(10-15)9-12-4-5-17-18(6-12)25-11-24-17/h1-7,15-16H,8-11H2/t15-,16-/m0/s1. The molecular weight excluding hydrogens is 340 g/mol. The lowest BCUT2D eigenvalue weighted by Gasteiger charge is -2.34. The summed E-state index contributed by atoms with van der Waals surface area (Å²) in [6.45, 7) is 1.89. The highest BCUT2D eigenvalue weighted by atomic mass is 35.5. The summed E-state index contributed by atoms with van der Waals surface area (Å²) in [5.41, 5.74) is 2.03. The average Bonchev–Trinajstić information content (AvgIpc) is 3.28. The van der Waals surface area contributed by atoms with E-state index < -0.39 is 0 Å². The Morgan fingerprint density at radius 1 is 1.12 bits per heavy atom. The summed E-state index contributed by atoms with van der Waals surface area (Å²) >= 11 is 6.09. The molecule has 6 heteroatoms. The molecule has 3 aliphatic heterocycles. The molecule has 0 spiro atoms. The van der Waals surface area contributed by atoms with Crippen LogP contribution in [-0.4, -0.2) is 36.2 Å². The quantitative estimate of drug-likeness (QED) is 0.847. The first-order valence-corrected chi connectivity index (χ1v) is 8.78. The van der Waals surface area contributed by atoms with Crippen molar-refractivity contribution >= 4 is 23.2 Å². The van der Waals surface area contributed by atoms with Gasteiger partial charge in [-0.15, -0.1) is 0 Å². The van der Waals surface area contributed by atoms with E-state index in [0.29, 0.717) is 5.02 Å². The number of fused-ring (bicyclic) bond motifs is 3. The zero-order valence-corrected chi connectivity index (χ0v) is 14.3. The number of piperazine rings is 1. The Hall–Kier alpha value is -2.24. The Morgan fingerprint density at radius 2 is 2.00 bits per heavy atom. The van der Waals surface area contributed by atoms with Crippen molar-refractivity contribution in [1.29, 1.82) is 0 Å². The van der Waals surface area contributed by atoms with Crippen LogP contribution in [0.3, 0.4) is 0 Å². The van der Waals surface area contributed by atoms with Gasteiger partial charge in [-0.1, -0.05) is 23.7 Å². The molecule has 25 heavy (non-hydrogen) atoms. The summed E-state index contributed by atoms with van der Waals surface area (Å²) in [6.07, 6.45) is 0.871. The monoisotopic (exact) mass is 356 g/mol. The van der Waals surface area contributed by atoms with Crippen molar-refractivity contribution in [3.8, 4) is 11.5 Å². The van der Waals surface area contributed by atoms with E-state index in [4.69, 9.17) is 21.1 Å². The van der Waals surface area contributed by atoms with Gasteiger partial charge < -0.3 is 14.4 Å². The predicted octanol–water partition coefficient (Wildman–Crippen LogP) is 3.06. The number of amides is 1. The highest BCUT2D eigenvalue weighted by Gasteiger charge is 2.49. The van der Waals surface area contributed by atoms with Crippen LogP contribution in [0.25, 0.3) is 0 Å². The number of likely N-dealkylation sites (tertiary alicyclic amines) is 1. The lowest BCUT2D eigenvalue weighted by atomic mass is 10.1. The normalized spacial score (nSPS) is 24.4. The van der Waals surface area contributed by atoms with E-state index in [2.05, 4.69) is 4.90 Å². The maximum atomic E-state index is 12.9. The van der Waals surface area contributed by atoms with Crippen LogP contribution in [0.4, 0.5) is 5.69 Å². The number of halogens is 1. The number of hydrogen-bond acceptors (Lipinski definition) is 4. The molecule has 2 aromatic carbocycles. The second kappa shape index (κ2) is 5.64. The van der Waals surface area contributed by atoms with E-state index in [1.807, 2.05) is 47.4 Å². The minimum absolute atomic E-state index is 0.0607. The summed E-state index contributed by atoms with van der Waals surface area (Å²) in [5, 5.41) is 0.658. The van der Waals surface area contributed by atoms with Gasteiger partial charge in [0.2, 0.25) is 12.7 Å². The first-order chi connectivity index (χ1) is 12.2. The zero-order chi connectivity index (χ0) is 17.0. The fourth-order valence-electron chi connectivity index (χ4n) is 4.08. The molecule has 3 aliphatic rings. The predicted molar refractivity (Wildman–Crippen MR) is 94.1 cm³/mol. The maximum absolute atomic E-state index is 12.9. The van der Waals surface area contributed by atoms with Crippen molar-refractivity contribution in [1.82, 2.24) is 4.90 Å². The highest BCUT2D eigenvalue weighted by Crippen LogP contribution is 2.38. The van der Waals surface area contributed by atoms with Gasteiger partial charge in [0, 0.05) is 23.8 Å². The molecule has 2 fully saturated rings. The van der Waals surface area contributed by atoms with Gasteiger partial charge in [-0.25, -0.2) is 0 Å². The van der Waals surface area contributed by atoms with Gasteiger partial charge in [0.25, 0.3) is 0 Å². The zero-order valence-electron chi connectivity index (χ0n) is 13.5. The molecular formula is C19H17ClN2O3. The van der Waals surface area contributed by atoms with Crippen LogP contribution in [0.5, 0.6) is 11.5 Å². The lowest BCUT2D eigenvalue weighted by molar-refractivity contribution is -0.122. The molecule has 0 radical (unpaired) electrons. The molecule has 0 unspecified atom stereocenters. The van der Waals surface area contributed by atoms with Gasteiger partial charge >= 0.3 is 0 Å². The third kappa shape index (κ3) is 2.46. The fourth-order valence-corrected chi connectivity index (χ4v) is 4.26. The summed E-state index contributed by atoms with van der Waals surface area (Å²) < 4.78 is 10.8. The van der Waals surface area contributed by atoms with E-state index in [1.165, 1.54) is 0 Å². The molecule has 2 saturated heterocycles. The second-order valence-electron chi connectivity index (χ2n) is 6.71. The summed E-state index contributed by atoms with van der Waals surface area (Å²) in [5.74, 6) is 1.74. The van der Waals surface area contributed by atoms with Crippen molar-refractivity contribution in [2.75, 3.05) is 18.2 Å². The van der Waals surface area contributed by atoms with E-state index in [9.17, 15) is 4.79 Å². The van der Waals surface area contributed by atoms with E-state index in [1.54, 1.807) is 0 Å². The Kier molecular flexibility index (Phi) is 3.40. The van der Waals surface area contributed by atoms with Crippen LogP contribution in [0, 0.1) is 0 Å². The largest absolute Gasteiger partial charge is 0.454 e. The Labute approximate surface area is 150 Å². The summed E-state index contributed by atoms with van der Waals surface area (Å²) in [6, 6.07) is 13.7. The SMILES string of the molecule is O=C1[C@@H]2C[C@@H](CN2Cc2ccc3c(c2)OCO3)N1c1cccc(Cl)c1.